The summed E-state index contributed by atoms with van der Waals surface area (Å²) in [6.45, 7) is 2.21. The molecule has 5 rings (SSSR count). The highest BCUT2D eigenvalue weighted by Gasteiger charge is 2.36. The van der Waals surface area contributed by atoms with Gasteiger partial charge in [-0.3, -0.25) is 19.3 Å². The Balaban J connectivity index is 1.35. The van der Waals surface area contributed by atoms with Crippen LogP contribution in [0.15, 0.2) is 97.1 Å². The first kappa shape index (κ1) is 22.1. The summed E-state index contributed by atoms with van der Waals surface area (Å²) >= 11 is 0. The van der Waals surface area contributed by atoms with E-state index in [-0.39, 0.29) is 23.9 Å². The second-order valence-electron chi connectivity index (χ2n) is 8.43. The molecule has 0 radical (unpaired) electrons. The lowest BCUT2D eigenvalue weighted by Gasteiger charge is -2.14. The van der Waals surface area contributed by atoms with Crippen molar-refractivity contribution in [2.45, 2.75) is 13.5 Å². The Kier molecular flexibility index (Phi) is 5.85. The zero-order valence-corrected chi connectivity index (χ0v) is 19.1. The number of fused-ring (bicyclic) bond motifs is 1. The van der Waals surface area contributed by atoms with Crippen LogP contribution in [0.3, 0.4) is 0 Å². The number of anilines is 3. The van der Waals surface area contributed by atoms with E-state index in [1.807, 2.05) is 79.7 Å². The number of nitrogens with one attached hydrogen (secondary N) is 2. The third-order valence-corrected chi connectivity index (χ3v) is 5.92. The molecule has 1 aliphatic heterocycles. The van der Waals surface area contributed by atoms with Gasteiger partial charge in [0.1, 0.15) is 0 Å². The minimum absolute atomic E-state index is 0.187. The van der Waals surface area contributed by atoms with Gasteiger partial charge in [-0.05, 0) is 55.0 Å². The molecule has 3 amide bonds. The van der Waals surface area contributed by atoms with Gasteiger partial charge in [0.25, 0.3) is 17.7 Å². The van der Waals surface area contributed by atoms with Crippen molar-refractivity contribution >= 4 is 34.8 Å². The molecule has 0 unspecified atom stereocenters. The zero-order valence-electron chi connectivity index (χ0n) is 19.1. The molecule has 6 nitrogen and oxygen atoms in total. The fourth-order valence-electron chi connectivity index (χ4n) is 4.03. The van der Waals surface area contributed by atoms with Gasteiger partial charge in [-0.25, -0.2) is 0 Å². The van der Waals surface area contributed by atoms with Crippen molar-refractivity contribution in [3.8, 4) is 0 Å². The number of nitrogens with zero attached hydrogens (tertiary/aromatic N) is 1. The van der Waals surface area contributed by atoms with E-state index in [0.717, 1.165) is 22.5 Å². The third-order valence-electron chi connectivity index (χ3n) is 5.92. The number of rotatable bonds is 6. The molecule has 35 heavy (non-hydrogen) atoms. The molecule has 0 saturated carbocycles. The fraction of sp³-hybridized carbons (Fsp3) is 0.0690. The Hall–Kier alpha value is -4.71. The van der Waals surface area contributed by atoms with Crippen LogP contribution in [-0.4, -0.2) is 22.6 Å². The molecule has 0 saturated heterocycles. The van der Waals surface area contributed by atoms with Gasteiger partial charge in [-0.1, -0.05) is 60.2 Å². The van der Waals surface area contributed by atoms with Crippen LogP contribution in [0.5, 0.6) is 0 Å². The second-order valence-corrected chi connectivity index (χ2v) is 8.43. The standard InChI is InChI=1S/C29H23N3O3/c1-19-11-14-22(15-12-19)30-25-9-5-6-10-26(25)31-27(33)21-13-16-23-24(17-21)29(35)32(28(23)34)18-20-7-3-2-4-8-20/h2-17,30H,18H2,1H3,(H,31,33). The Morgan fingerprint density at radius 1 is 0.743 bits per heavy atom. The van der Waals surface area contributed by atoms with E-state index in [2.05, 4.69) is 10.6 Å². The Bertz CT molecular complexity index is 1430. The Morgan fingerprint density at radius 2 is 1.40 bits per heavy atom. The maximum atomic E-state index is 13.1. The molecule has 4 aromatic carbocycles. The molecule has 0 bridgehead atoms. The number of amides is 3. The van der Waals surface area contributed by atoms with Gasteiger partial charge in [-0.15, -0.1) is 0 Å². The van der Waals surface area contributed by atoms with Gasteiger partial charge in [0.15, 0.2) is 0 Å². The van der Waals surface area contributed by atoms with Crippen molar-refractivity contribution in [3.63, 3.8) is 0 Å². The summed E-state index contributed by atoms with van der Waals surface area (Å²) in [6, 6.07) is 29.3. The molecule has 0 spiro atoms. The summed E-state index contributed by atoms with van der Waals surface area (Å²) in [5.74, 6) is -1.12. The molecule has 6 heteroatoms. The maximum Gasteiger partial charge on any atom is 0.261 e. The molecule has 0 aromatic heterocycles. The van der Waals surface area contributed by atoms with Crippen LogP contribution >= 0.6 is 0 Å². The number of imide groups is 1. The van der Waals surface area contributed by atoms with E-state index in [1.165, 1.54) is 11.0 Å². The third kappa shape index (κ3) is 4.54. The molecule has 1 aliphatic rings. The predicted molar refractivity (Wildman–Crippen MR) is 136 cm³/mol. The minimum Gasteiger partial charge on any atom is -0.354 e. The summed E-state index contributed by atoms with van der Waals surface area (Å²) in [6.07, 6.45) is 0. The van der Waals surface area contributed by atoms with Crippen LogP contribution in [-0.2, 0) is 6.54 Å². The van der Waals surface area contributed by atoms with E-state index >= 15 is 0 Å². The van der Waals surface area contributed by atoms with Crippen molar-refractivity contribution in [3.05, 3.63) is 125 Å². The number of aryl methyl sites for hydroxylation is 1. The first-order valence-corrected chi connectivity index (χ1v) is 11.3. The van der Waals surface area contributed by atoms with Crippen molar-refractivity contribution in [2.24, 2.45) is 0 Å². The van der Waals surface area contributed by atoms with Crippen LogP contribution < -0.4 is 10.6 Å². The Labute approximate surface area is 203 Å². The summed E-state index contributed by atoms with van der Waals surface area (Å²) in [4.78, 5) is 40.1. The molecular formula is C29H23N3O3. The molecule has 0 atom stereocenters. The fourth-order valence-corrected chi connectivity index (χ4v) is 4.03. The van der Waals surface area contributed by atoms with Crippen molar-refractivity contribution in [1.82, 2.24) is 4.90 Å². The van der Waals surface area contributed by atoms with E-state index < -0.39 is 5.91 Å². The number of benzene rings is 4. The summed E-state index contributed by atoms with van der Waals surface area (Å²) in [5, 5.41) is 6.24. The largest absolute Gasteiger partial charge is 0.354 e. The average Bonchev–Trinajstić information content (AvgIpc) is 3.11. The van der Waals surface area contributed by atoms with Crippen molar-refractivity contribution < 1.29 is 14.4 Å². The number of carbonyl (C=O) groups excluding carboxylic acids is 3. The van der Waals surface area contributed by atoms with Crippen molar-refractivity contribution in [2.75, 3.05) is 10.6 Å². The van der Waals surface area contributed by atoms with Crippen LogP contribution in [0.1, 0.15) is 42.2 Å². The van der Waals surface area contributed by atoms with Crippen LogP contribution in [0.25, 0.3) is 0 Å². The highest BCUT2D eigenvalue weighted by atomic mass is 16.2. The van der Waals surface area contributed by atoms with E-state index in [9.17, 15) is 14.4 Å². The van der Waals surface area contributed by atoms with Gasteiger partial charge in [0.2, 0.25) is 0 Å². The van der Waals surface area contributed by atoms with Gasteiger partial charge in [0, 0.05) is 11.3 Å². The highest BCUT2D eigenvalue weighted by Crippen LogP contribution is 2.28. The molecule has 0 aliphatic carbocycles. The summed E-state index contributed by atoms with van der Waals surface area (Å²) in [7, 11) is 0. The topological polar surface area (TPSA) is 78.5 Å². The predicted octanol–water partition coefficient (Wildman–Crippen LogP) is 5.79. The lowest BCUT2D eigenvalue weighted by atomic mass is 10.1. The molecule has 172 valence electrons. The molecule has 2 N–H and O–H groups in total. The number of hydrogen-bond donors (Lipinski definition) is 2. The highest BCUT2D eigenvalue weighted by molar-refractivity contribution is 6.22. The van der Waals surface area contributed by atoms with Gasteiger partial charge in [-0.2, -0.15) is 0 Å². The first-order valence-electron chi connectivity index (χ1n) is 11.3. The number of hydrogen-bond acceptors (Lipinski definition) is 4. The van der Waals surface area contributed by atoms with E-state index in [4.69, 9.17) is 0 Å². The lowest BCUT2D eigenvalue weighted by molar-refractivity contribution is 0.0642. The monoisotopic (exact) mass is 461 g/mol. The maximum absolute atomic E-state index is 13.1. The first-order chi connectivity index (χ1) is 17.0. The summed E-state index contributed by atoms with van der Waals surface area (Å²) in [5.41, 5.74) is 5.11. The minimum atomic E-state index is -0.398. The average molecular weight is 462 g/mol. The quantitative estimate of drug-likeness (QED) is 0.357. The smallest absolute Gasteiger partial charge is 0.261 e. The Morgan fingerprint density at radius 3 is 2.14 bits per heavy atom. The summed E-state index contributed by atoms with van der Waals surface area (Å²) < 4.78 is 0. The van der Waals surface area contributed by atoms with E-state index in [1.54, 1.807) is 18.2 Å². The lowest BCUT2D eigenvalue weighted by Crippen LogP contribution is -2.29. The number of para-hydroxylation sites is 2. The van der Waals surface area contributed by atoms with Gasteiger partial charge in [0.05, 0.1) is 29.0 Å². The van der Waals surface area contributed by atoms with E-state index in [0.29, 0.717) is 16.8 Å². The molecule has 0 fully saturated rings. The zero-order chi connectivity index (χ0) is 24.4. The van der Waals surface area contributed by atoms with Crippen LogP contribution in [0.4, 0.5) is 17.1 Å². The van der Waals surface area contributed by atoms with Crippen LogP contribution in [0.2, 0.25) is 0 Å². The molecule has 1 heterocycles. The number of carbonyl (C=O) groups is 3. The normalized spacial score (nSPS) is 12.4. The van der Waals surface area contributed by atoms with Crippen LogP contribution in [0, 0.1) is 6.92 Å². The molecular weight excluding hydrogens is 438 g/mol. The van der Waals surface area contributed by atoms with Gasteiger partial charge >= 0.3 is 0 Å². The SMILES string of the molecule is Cc1ccc(Nc2ccccc2NC(=O)c2ccc3c(c2)C(=O)N(Cc2ccccc2)C3=O)cc1. The second kappa shape index (κ2) is 9.27. The van der Waals surface area contributed by atoms with Gasteiger partial charge < -0.3 is 10.6 Å². The molecule has 4 aromatic rings. The van der Waals surface area contributed by atoms with Crippen molar-refractivity contribution in [1.29, 1.82) is 0 Å².